The number of aromatic nitrogens is 3. The standard InChI is InChI=1S/C20H25N5O2/c1-13(2)25-19-16(11-22-25)10-17(12-21-19)24-20(27)23-14(3)4-5-15-6-8-18(26)9-7-15/h6-14,26H,4-5H2,1-3H3,(H2,23,24,27)/t14-/m0/s1. The van der Waals surface area contributed by atoms with E-state index < -0.39 is 0 Å². The molecule has 7 nitrogen and oxygen atoms in total. The number of amides is 2. The number of hydrogen-bond donors (Lipinski definition) is 3. The molecule has 0 aliphatic heterocycles. The maximum Gasteiger partial charge on any atom is 0.319 e. The van der Waals surface area contributed by atoms with Crippen LogP contribution in [0.25, 0.3) is 11.0 Å². The number of aryl methyl sites for hydroxylation is 1. The highest BCUT2D eigenvalue weighted by atomic mass is 16.3. The summed E-state index contributed by atoms with van der Waals surface area (Å²) in [4.78, 5) is 16.6. The highest BCUT2D eigenvalue weighted by Crippen LogP contribution is 2.19. The van der Waals surface area contributed by atoms with Crippen molar-refractivity contribution in [2.24, 2.45) is 0 Å². The van der Waals surface area contributed by atoms with E-state index in [4.69, 9.17) is 0 Å². The molecule has 3 rings (SSSR count). The molecule has 2 aromatic heterocycles. The fraction of sp³-hybridized carbons (Fsp3) is 0.350. The van der Waals surface area contributed by atoms with Gasteiger partial charge in [0.25, 0.3) is 0 Å². The van der Waals surface area contributed by atoms with Crippen molar-refractivity contribution in [3.8, 4) is 5.75 Å². The van der Waals surface area contributed by atoms with E-state index in [0.717, 1.165) is 29.4 Å². The monoisotopic (exact) mass is 367 g/mol. The predicted octanol–water partition coefficient (Wildman–Crippen LogP) is 3.86. The minimum Gasteiger partial charge on any atom is -0.508 e. The Bertz CT molecular complexity index is 918. The number of pyridine rings is 1. The first-order chi connectivity index (χ1) is 12.9. The van der Waals surface area contributed by atoms with Gasteiger partial charge in [-0.3, -0.25) is 0 Å². The number of phenolic OH excluding ortho intramolecular Hbond substituents is 1. The van der Waals surface area contributed by atoms with Crippen molar-refractivity contribution in [2.45, 2.75) is 45.7 Å². The highest BCUT2D eigenvalue weighted by Gasteiger charge is 2.11. The van der Waals surface area contributed by atoms with Crippen LogP contribution < -0.4 is 10.6 Å². The van der Waals surface area contributed by atoms with Crippen LogP contribution in [0.5, 0.6) is 5.75 Å². The molecule has 2 heterocycles. The lowest BCUT2D eigenvalue weighted by atomic mass is 10.1. The first-order valence-electron chi connectivity index (χ1n) is 9.11. The largest absolute Gasteiger partial charge is 0.508 e. The fourth-order valence-corrected chi connectivity index (χ4v) is 2.90. The summed E-state index contributed by atoms with van der Waals surface area (Å²) in [7, 11) is 0. The van der Waals surface area contributed by atoms with E-state index in [1.807, 2.05) is 43.7 Å². The van der Waals surface area contributed by atoms with Crippen molar-refractivity contribution in [2.75, 3.05) is 5.32 Å². The number of fused-ring (bicyclic) bond motifs is 1. The second kappa shape index (κ2) is 8.07. The van der Waals surface area contributed by atoms with Crippen LogP contribution in [0.4, 0.5) is 10.5 Å². The predicted molar refractivity (Wildman–Crippen MR) is 106 cm³/mol. The first kappa shape index (κ1) is 18.7. The summed E-state index contributed by atoms with van der Waals surface area (Å²) in [6.45, 7) is 6.06. The number of aromatic hydroxyl groups is 1. The van der Waals surface area contributed by atoms with Gasteiger partial charge in [0.1, 0.15) is 5.75 Å². The number of urea groups is 1. The topological polar surface area (TPSA) is 92.1 Å². The first-order valence-corrected chi connectivity index (χ1v) is 9.11. The zero-order valence-corrected chi connectivity index (χ0v) is 15.8. The zero-order valence-electron chi connectivity index (χ0n) is 15.8. The Balaban J connectivity index is 1.53. The highest BCUT2D eigenvalue weighted by molar-refractivity contribution is 5.91. The van der Waals surface area contributed by atoms with Gasteiger partial charge in [-0.05, 0) is 57.4 Å². The molecular weight excluding hydrogens is 342 g/mol. The smallest absolute Gasteiger partial charge is 0.319 e. The van der Waals surface area contributed by atoms with Gasteiger partial charge >= 0.3 is 6.03 Å². The lowest BCUT2D eigenvalue weighted by molar-refractivity contribution is 0.248. The molecule has 0 unspecified atom stereocenters. The second-order valence-corrected chi connectivity index (χ2v) is 7.02. The van der Waals surface area contributed by atoms with Gasteiger partial charge in [0, 0.05) is 17.5 Å². The van der Waals surface area contributed by atoms with Gasteiger partial charge in [0.2, 0.25) is 0 Å². The van der Waals surface area contributed by atoms with Gasteiger partial charge in [-0.25, -0.2) is 14.5 Å². The number of rotatable bonds is 6. The van der Waals surface area contributed by atoms with E-state index in [2.05, 4.69) is 20.7 Å². The van der Waals surface area contributed by atoms with Crippen LogP contribution >= 0.6 is 0 Å². The van der Waals surface area contributed by atoms with Crippen molar-refractivity contribution in [1.82, 2.24) is 20.1 Å². The van der Waals surface area contributed by atoms with E-state index in [0.29, 0.717) is 5.69 Å². The van der Waals surface area contributed by atoms with Gasteiger partial charge in [-0.15, -0.1) is 0 Å². The van der Waals surface area contributed by atoms with Crippen LogP contribution in [0.2, 0.25) is 0 Å². The number of hydrogen-bond acceptors (Lipinski definition) is 4. The van der Waals surface area contributed by atoms with Gasteiger partial charge < -0.3 is 15.7 Å². The van der Waals surface area contributed by atoms with E-state index in [1.54, 1.807) is 24.5 Å². The summed E-state index contributed by atoms with van der Waals surface area (Å²) >= 11 is 0. The lowest BCUT2D eigenvalue weighted by Crippen LogP contribution is -2.36. The van der Waals surface area contributed by atoms with Crippen LogP contribution in [-0.2, 0) is 6.42 Å². The Morgan fingerprint density at radius 3 is 2.63 bits per heavy atom. The number of carbonyl (C=O) groups excluding carboxylic acids is 1. The van der Waals surface area contributed by atoms with Crippen LogP contribution in [0.1, 0.15) is 38.8 Å². The average Bonchev–Trinajstić information content (AvgIpc) is 3.04. The number of anilines is 1. The molecule has 142 valence electrons. The van der Waals surface area contributed by atoms with E-state index in [1.165, 1.54) is 0 Å². The molecule has 2 amide bonds. The number of benzene rings is 1. The molecule has 0 aliphatic carbocycles. The molecule has 0 radical (unpaired) electrons. The summed E-state index contributed by atoms with van der Waals surface area (Å²) in [6, 6.07) is 8.97. The maximum atomic E-state index is 12.2. The van der Waals surface area contributed by atoms with E-state index in [9.17, 15) is 9.90 Å². The Kier molecular flexibility index (Phi) is 5.59. The molecule has 0 fully saturated rings. The van der Waals surface area contributed by atoms with Gasteiger partial charge in [0.05, 0.1) is 18.1 Å². The summed E-state index contributed by atoms with van der Waals surface area (Å²) in [5.41, 5.74) is 2.56. The van der Waals surface area contributed by atoms with Crippen LogP contribution in [-0.4, -0.2) is 31.9 Å². The molecule has 0 aliphatic rings. The lowest BCUT2D eigenvalue weighted by Gasteiger charge is -2.15. The maximum absolute atomic E-state index is 12.2. The van der Waals surface area contributed by atoms with Crippen LogP contribution in [0.15, 0.2) is 42.7 Å². The molecular formula is C20H25N5O2. The third-order valence-electron chi connectivity index (χ3n) is 4.36. The zero-order chi connectivity index (χ0) is 19.4. The molecule has 3 aromatic rings. The van der Waals surface area contributed by atoms with Gasteiger partial charge in [-0.1, -0.05) is 12.1 Å². The molecule has 7 heteroatoms. The Morgan fingerprint density at radius 2 is 1.93 bits per heavy atom. The minimum atomic E-state index is -0.259. The molecule has 0 bridgehead atoms. The third kappa shape index (κ3) is 4.75. The number of carbonyl (C=O) groups is 1. The van der Waals surface area contributed by atoms with E-state index >= 15 is 0 Å². The summed E-state index contributed by atoms with van der Waals surface area (Å²) in [6.07, 6.45) is 5.02. The average molecular weight is 367 g/mol. The quantitative estimate of drug-likeness (QED) is 0.617. The SMILES string of the molecule is CC(C)n1ncc2cc(NC(=O)N[C@@H](C)CCc3ccc(O)cc3)cnc21. The second-order valence-electron chi connectivity index (χ2n) is 7.02. The van der Waals surface area contributed by atoms with Crippen molar-refractivity contribution in [3.63, 3.8) is 0 Å². The normalized spacial score (nSPS) is 12.3. The van der Waals surface area contributed by atoms with Gasteiger partial charge in [-0.2, -0.15) is 5.10 Å². The summed E-state index contributed by atoms with van der Waals surface area (Å²) < 4.78 is 1.85. The van der Waals surface area contributed by atoms with Crippen molar-refractivity contribution >= 4 is 22.8 Å². The van der Waals surface area contributed by atoms with Crippen LogP contribution in [0.3, 0.4) is 0 Å². The molecule has 1 aromatic carbocycles. The molecule has 0 saturated carbocycles. The van der Waals surface area contributed by atoms with E-state index in [-0.39, 0.29) is 23.9 Å². The number of phenols is 1. The van der Waals surface area contributed by atoms with Crippen LogP contribution in [0, 0.1) is 0 Å². The Labute approximate surface area is 158 Å². The minimum absolute atomic E-state index is 0.0131. The fourth-order valence-electron chi connectivity index (χ4n) is 2.90. The Morgan fingerprint density at radius 1 is 1.19 bits per heavy atom. The number of nitrogens with zero attached hydrogens (tertiary/aromatic N) is 3. The molecule has 27 heavy (non-hydrogen) atoms. The molecule has 0 spiro atoms. The third-order valence-corrected chi connectivity index (χ3v) is 4.36. The van der Waals surface area contributed by atoms with Crippen molar-refractivity contribution < 1.29 is 9.90 Å². The summed E-state index contributed by atoms with van der Waals surface area (Å²) in [5.74, 6) is 0.258. The van der Waals surface area contributed by atoms with Crippen molar-refractivity contribution in [1.29, 1.82) is 0 Å². The molecule has 0 saturated heterocycles. The number of nitrogens with one attached hydrogen (secondary N) is 2. The molecule has 1 atom stereocenters. The Hall–Kier alpha value is -3.09. The van der Waals surface area contributed by atoms with Crippen molar-refractivity contribution in [3.05, 3.63) is 48.3 Å². The van der Waals surface area contributed by atoms with Gasteiger partial charge in [0.15, 0.2) is 5.65 Å². The summed E-state index contributed by atoms with van der Waals surface area (Å²) in [5, 5.41) is 20.3. The molecule has 3 N–H and O–H groups in total.